The SMILES string of the molecule is C[C@@](Cc1ccc(OCCCN2Cc3ccccc3N(c3ccccc3)C2=O)cc1)(Oc1ccccc1)C(=O)O. The van der Waals surface area contributed by atoms with Gasteiger partial charge < -0.3 is 19.5 Å². The van der Waals surface area contributed by atoms with Gasteiger partial charge in [-0.15, -0.1) is 0 Å². The van der Waals surface area contributed by atoms with Gasteiger partial charge >= 0.3 is 12.0 Å². The molecule has 1 heterocycles. The number of carboxylic acids is 1. The van der Waals surface area contributed by atoms with Gasteiger partial charge in [0.25, 0.3) is 0 Å². The zero-order chi connectivity index (χ0) is 28.0. The topological polar surface area (TPSA) is 79.3 Å². The minimum Gasteiger partial charge on any atom is -0.494 e. The Hall–Kier alpha value is -4.78. The number of amides is 2. The number of hydrogen-bond acceptors (Lipinski definition) is 4. The van der Waals surface area contributed by atoms with Gasteiger partial charge in [0.2, 0.25) is 5.60 Å². The summed E-state index contributed by atoms with van der Waals surface area (Å²) in [7, 11) is 0. The average molecular weight is 537 g/mol. The second kappa shape index (κ2) is 11.9. The van der Waals surface area contributed by atoms with E-state index in [1.807, 2.05) is 95.9 Å². The molecular formula is C33H32N2O5. The first-order chi connectivity index (χ1) is 19.4. The minimum absolute atomic E-state index is 0.0477. The molecule has 7 heteroatoms. The fourth-order valence-electron chi connectivity index (χ4n) is 4.82. The fraction of sp³-hybridized carbons (Fsp3) is 0.212. The molecule has 7 nitrogen and oxygen atoms in total. The molecule has 204 valence electrons. The number of carboxylic acid groups (broad SMARTS) is 1. The molecule has 1 aliphatic rings. The Morgan fingerprint density at radius 1 is 0.850 bits per heavy atom. The summed E-state index contributed by atoms with van der Waals surface area (Å²) in [5.41, 5.74) is 2.28. The molecule has 2 amide bonds. The Balaban J connectivity index is 1.16. The molecule has 0 unspecified atom stereocenters. The zero-order valence-electron chi connectivity index (χ0n) is 22.4. The average Bonchev–Trinajstić information content (AvgIpc) is 2.97. The van der Waals surface area contributed by atoms with Crippen LogP contribution in [0.4, 0.5) is 16.2 Å². The standard InChI is InChI=1S/C33H32N2O5/c1-33(31(36)37,40-29-14-6-3-7-15-29)23-25-17-19-28(20-18-25)39-22-10-21-34-24-26-11-8-9-16-30(26)35(32(34)38)27-12-4-2-5-13-27/h2-9,11-20H,10,21-24H2,1H3,(H,36,37)/t33-/m0/s1. The van der Waals surface area contributed by atoms with Gasteiger partial charge in [0.05, 0.1) is 18.0 Å². The van der Waals surface area contributed by atoms with E-state index in [-0.39, 0.29) is 12.5 Å². The van der Waals surface area contributed by atoms with Gasteiger partial charge in [-0.2, -0.15) is 0 Å². The molecule has 4 aromatic carbocycles. The number of hydrogen-bond donors (Lipinski definition) is 1. The first-order valence-corrected chi connectivity index (χ1v) is 13.3. The maximum atomic E-state index is 13.4. The molecular weight excluding hydrogens is 504 g/mol. The van der Waals surface area contributed by atoms with Crippen LogP contribution in [0.2, 0.25) is 0 Å². The Bertz CT molecular complexity index is 1440. The highest BCUT2D eigenvalue weighted by Crippen LogP contribution is 2.34. The molecule has 1 aliphatic heterocycles. The van der Waals surface area contributed by atoms with Crippen molar-refractivity contribution in [3.8, 4) is 11.5 Å². The van der Waals surface area contributed by atoms with Crippen molar-refractivity contribution in [3.63, 3.8) is 0 Å². The van der Waals surface area contributed by atoms with Crippen LogP contribution in [0.15, 0.2) is 109 Å². The molecule has 0 radical (unpaired) electrons. The minimum atomic E-state index is -1.41. The highest BCUT2D eigenvalue weighted by Gasteiger charge is 2.36. The third kappa shape index (κ3) is 6.10. The quantitative estimate of drug-likeness (QED) is 0.216. The highest BCUT2D eigenvalue weighted by molar-refractivity contribution is 6.01. The monoisotopic (exact) mass is 536 g/mol. The summed E-state index contributed by atoms with van der Waals surface area (Å²) in [6.07, 6.45) is 0.869. The molecule has 0 aromatic heterocycles. The van der Waals surface area contributed by atoms with Crippen LogP contribution in [-0.2, 0) is 17.8 Å². The van der Waals surface area contributed by atoms with E-state index in [0.29, 0.717) is 37.6 Å². The first kappa shape index (κ1) is 26.8. The molecule has 1 atom stereocenters. The molecule has 4 aromatic rings. The molecule has 0 saturated carbocycles. The maximum absolute atomic E-state index is 13.4. The number of ether oxygens (including phenoxy) is 2. The van der Waals surface area contributed by atoms with E-state index < -0.39 is 11.6 Å². The van der Waals surface area contributed by atoms with Gasteiger partial charge in [-0.05, 0) is 66.9 Å². The lowest BCUT2D eigenvalue weighted by Gasteiger charge is -2.37. The van der Waals surface area contributed by atoms with E-state index in [4.69, 9.17) is 9.47 Å². The van der Waals surface area contributed by atoms with E-state index >= 15 is 0 Å². The van der Waals surface area contributed by atoms with Crippen LogP contribution in [0.25, 0.3) is 0 Å². The van der Waals surface area contributed by atoms with Crippen LogP contribution in [0.1, 0.15) is 24.5 Å². The summed E-state index contributed by atoms with van der Waals surface area (Å²) in [6.45, 7) is 3.13. The second-order valence-corrected chi connectivity index (χ2v) is 9.98. The predicted molar refractivity (Wildman–Crippen MR) is 154 cm³/mol. The van der Waals surface area contributed by atoms with Gasteiger partial charge in [0, 0.05) is 19.5 Å². The predicted octanol–water partition coefficient (Wildman–Crippen LogP) is 6.69. The van der Waals surface area contributed by atoms with Crippen molar-refractivity contribution in [3.05, 3.63) is 120 Å². The summed E-state index contributed by atoms with van der Waals surface area (Å²) >= 11 is 0. The number of carbonyl (C=O) groups is 2. The van der Waals surface area contributed by atoms with Crippen molar-refractivity contribution in [2.75, 3.05) is 18.1 Å². The Morgan fingerprint density at radius 2 is 1.50 bits per heavy atom. The second-order valence-electron chi connectivity index (χ2n) is 9.98. The number of fused-ring (bicyclic) bond motifs is 1. The first-order valence-electron chi connectivity index (χ1n) is 13.3. The lowest BCUT2D eigenvalue weighted by molar-refractivity contribution is -0.153. The summed E-state index contributed by atoms with van der Waals surface area (Å²) in [4.78, 5) is 29.1. The number of urea groups is 1. The Morgan fingerprint density at radius 3 is 2.20 bits per heavy atom. The molecule has 0 bridgehead atoms. The van der Waals surface area contributed by atoms with Crippen LogP contribution in [-0.4, -0.2) is 40.8 Å². The van der Waals surface area contributed by atoms with Gasteiger partial charge in [-0.3, -0.25) is 4.90 Å². The maximum Gasteiger partial charge on any atom is 0.348 e. The van der Waals surface area contributed by atoms with Gasteiger partial charge in [0.1, 0.15) is 11.5 Å². The normalized spacial score (nSPS) is 14.3. The molecule has 0 fully saturated rings. The molecule has 40 heavy (non-hydrogen) atoms. The van der Waals surface area contributed by atoms with Gasteiger partial charge in [-0.1, -0.05) is 66.7 Å². The van der Waals surface area contributed by atoms with E-state index in [1.165, 1.54) is 0 Å². The number of carbonyl (C=O) groups excluding carboxylic acids is 1. The van der Waals surface area contributed by atoms with Crippen LogP contribution in [0.3, 0.4) is 0 Å². The van der Waals surface area contributed by atoms with E-state index in [9.17, 15) is 14.7 Å². The van der Waals surface area contributed by atoms with E-state index in [0.717, 1.165) is 22.5 Å². The number of nitrogens with zero attached hydrogens (tertiary/aromatic N) is 2. The fourth-order valence-corrected chi connectivity index (χ4v) is 4.82. The highest BCUT2D eigenvalue weighted by atomic mass is 16.5. The van der Waals surface area contributed by atoms with E-state index in [1.54, 1.807) is 24.0 Å². The number of para-hydroxylation sites is 3. The van der Waals surface area contributed by atoms with E-state index in [2.05, 4.69) is 6.07 Å². The molecule has 1 N–H and O–H groups in total. The van der Waals surface area contributed by atoms with Gasteiger partial charge in [0.15, 0.2) is 0 Å². The number of benzene rings is 4. The summed E-state index contributed by atoms with van der Waals surface area (Å²) < 4.78 is 11.8. The Kier molecular flexibility index (Phi) is 8.01. The third-order valence-electron chi connectivity index (χ3n) is 6.91. The van der Waals surface area contributed by atoms with Crippen molar-refractivity contribution in [1.29, 1.82) is 0 Å². The number of rotatable bonds is 11. The van der Waals surface area contributed by atoms with Crippen LogP contribution < -0.4 is 14.4 Å². The molecule has 5 rings (SSSR count). The third-order valence-corrected chi connectivity index (χ3v) is 6.91. The summed E-state index contributed by atoms with van der Waals surface area (Å²) in [5, 5.41) is 9.83. The largest absolute Gasteiger partial charge is 0.494 e. The molecule has 0 saturated heterocycles. The van der Waals surface area contributed by atoms with Crippen molar-refractivity contribution in [2.24, 2.45) is 0 Å². The number of anilines is 2. The van der Waals surface area contributed by atoms with Crippen LogP contribution in [0.5, 0.6) is 11.5 Å². The van der Waals surface area contributed by atoms with Crippen molar-refractivity contribution < 1.29 is 24.2 Å². The lowest BCUT2D eigenvalue weighted by Crippen LogP contribution is -2.45. The molecule has 0 aliphatic carbocycles. The Labute approximate surface area is 234 Å². The van der Waals surface area contributed by atoms with Crippen molar-refractivity contribution in [1.82, 2.24) is 4.90 Å². The van der Waals surface area contributed by atoms with Crippen LogP contribution in [0, 0.1) is 0 Å². The lowest BCUT2D eigenvalue weighted by atomic mass is 9.96. The summed E-state index contributed by atoms with van der Waals surface area (Å²) in [5.74, 6) is 0.165. The number of aliphatic carboxylic acids is 1. The van der Waals surface area contributed by atoms with Crippen molar-refractivity contribution in [2.45, 2.75) is 31.9 Å². The smallest absolute Gasteiger partial charge is 0.348 e. The van der Waals surface area contributed by atoms with Gasteiger partial charge in [-0.25, -0.2) is 9.59 Å². The molecule has 0 spiro atoms. The zero-order valence-corrected chi connectivity index (χ0v) is 22.4. The summed E-state index contributed by atoms with van der Waals surface area (Å²) in [6, 6.07) is 34.0. The van der Waals surface area contributed by atoms with Crippen LogP contribution >= 0.6 is 0 Å². The van der Waals surface area contributed by atoms with Crippen molar-refractivity contribution >= 4 is 23.4 Å².